The number of nitrogens with one attached hydrogen (secondary N) is 1. The number of nitrogens with zero attached hydrogens (tertiary/aromatic N) is 1. The van der Waals surface area contributed by atoms with Gasteiger partial charge in [0.25, 0.3) is 11.8 Å². The zero-order valence-electron chi connectivity index (χ0n) is 19.0. The molecular weight excluding hydrogens is 532 g/mol. The van der Waals surface area contributed by atoms with Crippen LogP contribution in [0.3, 0.4) is 0 Å². The number of rotatable bonds is 6. The molecule has 6 nitrogen and oxygen atoms in total. The number of anilines is 2. The lowest BCUT2D eigenvalue weighted by molar-refractivity contribution is -0.137. The van der Waals surface area contributed by atoms with Crippen molar-refractivity contribution in [2.75, 3.05) is 10.2 Å². The van der Waals surface area contributed by atoms with Crippen LogP contribution < -0.4 is 15.0 Å². The number of amides is 2. The van der Waals surface area contributed by atoms with Crippen molar-refractivity contribution in [3.63, 3.8) is 0 Å². The van der Waals surface area contributed by atoms with Crippen LogP contribution in [0.5, 0.6) is 5.75 Å². The van der Waals surface area contributed by atoms with Crippen molar-refractivity contribution >= 4 is 52.4 Å². The predicted molar refractivity (Wildman–Crippen MR) is 133 cm³/mol. The smallest absolute Gasteiger partial charge is 0.416 e. The standard InChI is InChI=1S/C26H17Cl2F3N2O4/c1-2-14-4-3-5-18(12-14)37-25(36)15-6-9-17(10-7-15)32-22-21(28)23(34)33(24(22)35)20-13-16(26(29,30)31)8-11-19(20)27/h3-13,32H,2H2,1H3. The predicted octanol–water partition coefficient (Wildman–Crippen LogP) is 6.58. The highest BCUT2D eigenvalue weighted by atomic mass is 35.5. The van der Waals surface area contributed by atoms with E-state index in [-0.39, 0.29) is 22.0 Å². The van der Waals surface area contributed by atoms with Gasteiger partial charge in [0, 0.05) is 5.69 Å². The van der Waals surface area contributed by atoms with Crippen molar-refractivity contribution in [2.45, 2.75) is 19.5 Å². The summed E-state index contributed by atoms with van der Waals surface area (Å²) in [6.07, 6.45) is -3.94. The molecule has 0 aliphatic carbocycles. The summed E-state index contributed by atoms with van der Waals surface area (Å²) in [6.45, 7) is 1.98. The summed E-state index contributed by atoms with van der Waals surface area (Å²) in [5, 5.41) is 1.91. The summed E-state index contributed by atoms with van der Waals surface area (Å²) in [7, 11) is 0. The van der Waals surface area contributed by atoms with Gasteiger partial charge in [0.1, 0.15) is 16.5 Å². The Labute approximate surface area is 219 Å². The third-order valence-electron chi connectivity index (χ3n) is 5.45. The molecule has 0 bridgehead atoms. The van der Waals surface area contributed by atoms with Crippen molar-refractivity contribution in [2.24, 2.45) is 0 Å². The van der Waals surface area contributed by atoms with Crippen LogP contribution in [0.25, 0.3) is 0 Å². The third-order valence-corrected chi connectivity index (χ3v) is 6.12. The molecule has 11 heteroatoms. The Bertz CT molecular complexity index is 1440. The van der Waals surface area contributed by atoms with Gasteiger partial charge in [0.15, 0.2) is 0 Å². The van der Waals surface area contributed by atoms with Gasteiger partial charge in [-0.2, -0.15) is 13.2 Å². The molecule has 0 spiro atoms. The largest absolute Gasteiger partial charge is 0.423 e. The number of alkyl halides is 3. The van der Waals surface area contributed by atoms with Crippen LogP contribution in [0.15, 0.2) is 77.5 Å². The van der Waals surface area contributed by atoms with Crippen molar-refractivity contribution in [3.8, 4) is 5.75 Å². The molecule has 0 saturated carbocycles. The van der Waals surface area contributed by atoms with E-state index >= 15 is 0 Å². The van der Waals surface area contributed by atoms with Crippen LogP contribution >= 0.6 is 23.2 Å². The minimum absolute atomic E-state index is 0.221. The summed E-state index contributed by atoms with van der Waals surface area (Å²) in [6, 6.07) is 15.2. The van der Waals surface area contributed by atoms with Gasteiger partial charge in [0.05, 0.1) is 21.8 Å². The van der Waals surface area contributed by atoms with E-state index in [0.29, 0.717) is 16.7 Å². The average Bonchev–Trinajstić information content (AvgIpc) is 3.07. The van der Waals surface area contributed by atoms with Crippen molar-refractivity contribution < 1.29 is 32.3 Å². The summed E-state index contributed by atoms with van der Waals surface area (Å²) in [5.74, 6) is -2.23. The van der Waals surface area contributed by atoms with Gasteiger partial charge >= 0.3 is 12.1 Å². The van der Waals surface area contributed by atoms with E-state index in [0.717, 1.165) is 24.1 Å². The van der Waals surface area contributed by atoms with Crippen molar-refractivity contribution in [1.29, 1.82) is 0 Å². The monoisotopic (exact) mass is 548 g/mol. The molecule has 1 aliphatic heterocycles. The number of carbonyl (C=O) groups excluding carboxylic acids is 3. The Balaban J connectivity index is 1.51. The van der Waals surface area contributed by atoms with Gasteiger partial charge in [0.2, 0.25) is 0 Å². The number of imide groups is 1. The fourth-order valence-electron chi connectivity index (χ4n) is 3.52. The van der Waals surface area contributed by atoms with Crippen LogP contribution in [-0.4, -0.2) is 17.8 Å². The lowest BCUT2D eigenvalue weighted by Gasteiger charge is -2.18. The minimum atomic E-state index is -4.72. The Kier molecular flexibility index (Phi) is 7.29. The first-order valence-electron chi connectivity index (χ1n) is 10.8. The first-order chi connectivity index (χ1) is 17.5. The Morgan fingerprint density at radius 3 is 2.32 bits per heavy atom. The maximum Gasteiger partial charge on any atom is 0.416 e. The number of halogens is 5. The first kappa shape index (κ1) is 26.2. The number of hydrogen-bond acceptors (Lipinski definition) is 5. The lowest BCUT2D eigenvalue weighted by atomic mass is 10.1. The van der Waals surface area contributed by atoms with Crippen LogP contribution in [0.2, 0.25) is 5.02 Å². The van der Waals surface area contributed by atoms with E-state index < -0.39 is 40.2 Å². The van der Waals surface area contributed by atoms with Crippen LogP contribution in [-0.2, 0) is 22.2 Å². The second kappa shape index (κ2) is 10.3. The Morgan fingerprint density at radius 1 is 0.973 bits per heavy atom. The van der Waals surface area contributed by atoms with E-state index in [1.165, 1.54) is 24.3 Å². The van der Waals surface area contributed by atoms with Gasteiger partial charge in [-0.05, 0) is 66.6 Å². The van der Waals surface area contributed by atoms with Crippen LogP contribution in [0.4, 0.5) is 24.5 Å². The highest BCUT2D eigenvalue weighted by molar-refractivity contribution is 6.53. The SMILES string of the molecule is CCc1cccc(OC(=O)c2ccc(NC3=C(Cl)C(=O)N(c4cc(C(F)(F)F)ccc4Cl)C3=O)cc2)c1. The van der Waals surface area contributed by atoms with Gasteiger partial charge in [-0.3, -0.25) is 9.59 Å². The second-order valence-corrected chi connectivity index (χ2v) is 8.68. The van der Waals surface area contributed by atoms with Gasteiger partial charge in [-0.15, -0.1) is 0 Å². The molecule has 190 valence electrons. The van der Waals surface area contributed by atoms with Gasteiger partial charge in [-0.25, -0.2) is 9.69 Å². The highest BCUT2D eigenvalue weighted by Crippen LogP contribution is 2.38. The summed E-state index contributed by atoms with van der Waals surface area (Å²) < 4.78 is 44.8. The second-order valence-electron chi connectivity index (χ2n) is 7.89. The van der Waals surface area contributed by atoms with Crippen LogP contribution in [0, 0.1) is 0 Å². The van der Waals surface area contributed by atoms with Crippen LogP contribution in [0.1, 0.15) is 28.4 Å². The van der Waals surface area contributed by atoms with E-state index in [1.54, 1.807) is 18.2 Å². The highest BCUT2D eigenvalue weighted by Gasteiger charge is 2.41. The number of ether oxygens (including phenoxy) is 1. The molecule has 0 saturated heterocycles. The normalized spacial score (nSPS) is 13.8. The molecule has 3 aromatic rings. The fourth-order valence-corrected chi connectivity index (χ4v) is 3.93. The molecule has 0 aromatic heterocycles. The Morgan fingerprint density at radius 2 is 1.68 bits per heavy atom. The lowest BCUT2D eigenvalue weighted by Crippen LogP contribution is -2.32. The molecule has 3 aromatic carbocycles. The summed E-state index contributed by atoms with van der Waals surface area (Å²) >= 11 is 12.1. The molecule has 37 heavy (non-hydrogen) atoms. The molecule has 0 fully saturated rings. The molecule has 0 atom stereocenters. The summed E-state index contributed by atoms with van der Waals surface area (Å²) in [4.78, 5) is 38.6. The molecule has 4 rings (SSSR count). The molecule has 2 amide bonds. The van der Waals surface area contributed by atoms with E-state index in [9.17, 15) is 27.6 Å². The van der Waals surface area contributed by atoms with Crippen molar-refractivity contribution in [1.82, 2.24) is 0 Å². The van der Waals surface area contributed by atoms with Crippen molar-refractivity contribution in [3.05, 3.63) is 99.2 Å². The third kappa shape index (κ3) is 5.47. The zero-order chi connectivity index (χ0) is 26.9. The van der Waals surface area contributed by atoms with E-state index in [4.69, 9.17) is 27.9 Å². The van der Waals surface area contributed by atoms with Gasteiger partial charge < -0.3 is 10.1 Å². The molecule has 1 heterocycles. The number of carbonyl (C=O) groups is 3. The Hall–Kier alpha value is -3.82. The maximum absolute atomic E-state index is 13.2. The maximum atomic E-state index is 13.2. The summed E-state index contributed by atoms with van der Waals surface area (Å²) in [5.41, 5.74) is -0.381. The molecule has 0 radical (unpaired) electrons. The molecule has 0 unspecified atom stereocenters. The molecule has 1 N–H and O–H groups in total. The van der Waals surface area contributed by atoms with E-state index in [2.05, 4.69) is 5.32 Å². The van der Waals surface area contributed by atoms with Gasteiger partial charge in [-0.1, -0.05) is 42.3 Å². The fraction of sp³-hybridized carbons (Fsp3) is 0.115. The molecule has 1 aliphatic rings. The number of benzene rings is 3. The van der Waals surface area contributed by atoms with E-state index in [1.807, 2.05) is 13.0 Å². The first-order valence-corrected chi connectivity index (χ1v) is 11.6. The molecular formula is C26H17Cl2F3N2O4. The number of hydrogen-bond donors (Lipinski definition) is 1. The zero-order valence-corrected chi connectivity index (χ0v) is 20.5. The quantitative estimate of drug-likeness (QED) is 0.214. The minimum Gasteiger partial charge on any atom is -0.423 e. The number of esters is 1. The average molecular weight is 549 g/mol. The topological polar surface area (TPSA) is 75.7 Å². The number of aryl methyl sites for hydroxylation is 1.